The fourth-order valence-corrected chi connectivity index (χ4v) is 3.69. The maximum absolute atomic E-state index is 15.0. The van der Waals surface area contributed by atoms with Gasteiger partial charge in [-0.25, -0.2) is 22.4 Å². The summed E-state index contributed by atoms with van der Waals surface area (Å²) in [6.45, 7) is 4.36. The second-order valence-corrected chi connectivity index (χ2v) is 7.98. The minimum absolute atomic E-state index is 0.0556. The summed E-state index contributed by atoms with van der Waals surface area (Å²) >= 11 is 0. The van der Waals surface area contributed by atoms with Gasteiger partial charge in [-0.1, -0.05) is 0 Å². The smallest absolute Gasteiger partial charge is 0.343 e. The Bertz CT molecular complexity index is 994. The molecule has 1 aromatic carbocycles. The standard InChI is InChI=1S/C22H25F4N3O4/c1-4-33-22(32)14(9-27-13-5-6-13)21(31)15-16(23)18(25)20(19(26)17(15)24)28-7-8-29(12(3)30)11(2)10-28/h9,11,13,31H,4-8,10H2,1-3H3/b21-14-,27-9?. The van der Waals surface area contributed by atoms with Crippen LogP contribution in [0.1, 0.15) is 39.2 Å². The van der Waals surface area contributed by atoms with Gasteiger partial charge >= 0.3 is 5.97 Å². The van der Waals surface area contributed by atoms with Crippen LogP contribution in [0.3, 0.4) is 0 Å². The lowest BCUT2D eigenvalue weighted by Crippen LogP contribution is -2.54. The Balaban J connectivity index is 2.06. The monoisotopic (exact) mass is 471 g/mol. The van der Waals surface area contributed by atoms with E-state index in [1.807, 2.05) is 0 Å². The summed E-state index contributed by atoms with van der Waals surface area (Å²) in [6, 6.07) is -0.563. The number of aliphatic hydroxyl groups is 1. The third-order valence-electron chi connectivity index (χ3n) is 5.54. The summed E-state index contributed by atoms with van der Waals surface area (Å²) in [4.78, 5) is 30.4. The fourth-order valence-electron chi connectivity index (χ4n) is 3.69. The van der Waals surface area contributed by atoms with E-state index in [1.165, 1.54) is 18.7 Å². The third-order valence-corrected chi connectivity index (χ3v) is 5.54. The largest absolute Gasteiger partial charge is 0.506 e. The van der Waals surface area contributed by atoms with Crippen LogP contribution < -0.4 is 4.90 Å². The zero-order valence-corrected chi connectivity index (χ0v) is 18.5. The van der Waals surface area contributed by atoms with Crippen LogP contribution in [0.15, 0.2) is 10.6 Å². The molecule has 1 atom stereocenters. The van der Waals surface area contributed by atoms with Crippen molar-refractivity contribution in [2.45, 2.75) is 45.7 Å². The van der Waals surface area contributed by atoms with Gasteiger partial charge in [0.2, 0.25) is 5.91 Å². The molecule has 0 radical (unpaired) electrons. The van der Waals surface area contributed by atoms with Crippen molar-refractivity contribution in [3.8, 4) is 0 Å². The van der Waals surface area contributed by atoms with E-state index < -0.39 is 57.9 Å². The predicted octanol–water partition coefficient (Wildman–Crippen LogP) is 3.37. The number of carbonyl (C=O) groups excluding carboxylic acids is 2. The van der Waals surface area contributed by atoms with Crippen LogP contribution in [0, 0.1) is 23.3 Å². The highest BCUT2D eigenvalue weighted by molar-refractivity contribution is 6.15. The Hall–Kier alpha value is -3.11. The van der Waals surface area contributed by atoms with Gasteiger partial charge in [0, 0.05) is 38.8 Å². The van der Waals surface area contributed by atoms with Crippen molar-refractivity contribution < 1.29 is 37.0 Å². The minimum atomic E-state index is -1.86. The molecule has 3 rings (SSSR count). The van der Waals surface area contributed by atoms with Crippen LogP contribution in [-0.2, 0) is 14.3 Å². The number of halogens is 4. The average molecular weight is 471 g/mol. The molecule has 1 N–H and O–H groups in total. The average Bonchev–Trinajstić information content (AvgIpc) is 3.57. The lowest BCUT2D eigenvalue weighted by atomic mass is 10.0. The molecule has 1 saturated heterocycles. The van der Waals surface area contributed by atoms with E-state index in [9.17, 15) is 32.3 Å². The summed E-state index contributed by atoms with van der Waals surface area (Å²) in [6.07, 6.45) is 2.38. The van der Waals surface area contributed by atoms with E-state index in [0.717, 1.165) is 24.0 Å². The maximum atomic E-state index is 15.0. The van der Waals surface area contributed by atoms with E-state index in [1.54, 1.807) is 6.92 Å². The number of aliphatic imine (C=N–C) groups is 1. The van der Waals surface area contributed by atoms with E-state index in [0.29, 0.717) is 0 Å². The van der Waals surface area contributed by atoms with Gasteiger partial charge in [0.15, 0.2) is 23.3 Å². The molecule has 11 heteroatoms. The first-order valence-electron chi connectivity index (χ1n) is 10.6. The maximum Gasteiger partial charge on any atom is 0.343 e. The number of aliphatic hydroxyl groups excluding tert-OH is 1. The summed E-state index contributed by atoms with van der Waals surface area (Å²) in [5, 5.41) is 10.5. The number of piperazine rings is 1. The SMILES string of the molecule is CCOC(=O)/C(C=NC1CC1)=C(\O)c1c(F)c(F)c(N2CCN(C(C)=O)C(C)C2)c(F)c1F. The number of hydrogen-bond donors (Lipinski definition) is 1. The van der Waals surface area contributed by atoms with Crippen molar-refractivity contribution >= 4 is 29.5 Å². The molecule has 1 heterocycles. The van der Waals surface area contributed by atoms with Gasteiger partial charge in [-0.3, -0.25) is 9.79 Å². The molecule has 1 unspecified atom stereocenters. The van der Waals surface area contributed by atoms with Gasteiger partial charge in [-0.2, -0.15) is 0 Å². The predicted molar refractivity (Wildman–Crippen MR) is 113 cm³/mol. The number of nitrogens with zero attached hydrogens (tertiary/aromatic N) is 3. The molecule has 0 spiro atoms. The summed E-state index contributed by atoms with van der Waals surface area (Å²) in [5.41, 5.74) is -3.08. The van der Waals surface area contributed by atoms with E-state index in [-0.39, 0.29) is 38.2 Å². The summed E-state index contributed by atoms with van der Waals surface area (Å²) in [5.74, 6) is -9.84. The molecular weight excluding hydrogens is 446 g/mol. The van der Waals surface area contributed by atoms with E-state index in [2.05, 4.69) is 4.99 Å². The number of anilines is 1. The number of carbonyl (C=O) groups is 2. The highest BCUT2D eigenvalue weighted by Gasteiger charge is 2.35. The Labute approximate surface area is 188 Å². The Kier molecular flexibility index (Phi) is 7.28. The summed E-state index contributed by atoms with van der Waals surface area (Å²) < 4.78 is 64.7. The molecule has 7 nitrogen and oxygen atoms in total. The van der Waals surface area contributed by atoms with Crippen LogP contribution in [0.25, 0.3) is 5.76 Å². The summed E-state index contributed by atoms with van der Waals surface area (Å²) in [7, 11) is 0. The van der Waals surface area contributed by atoms with Crippen molar-refractivity contribution in [1.82, 2.24) is 4.90 Å². The topological polar surface area (TPSA) is 82.4 Å². The molecule has 33 heavy (non-hydrogen) atoms. The zero-order valence-electron chi connectivity index (χ0n) is 18.5. The second kappa shape index (κ2) is 9.80. The number of amides is 1. The molecule has 180 valence electrons. The highest BCUT2D eigenvalue weighted by Crippen LogP contribution is 2.35. The molecule has 1 amide bonds. The number of rotatable bonds is 6. The van der Waals surface area contributed by atoms with Crippen molar-refractivity contribution in [2.75, 3.05) is 31.1 Å². The van der Waals surface area contributed by atoms with Gasteiger partial charge in [0.05, 0.1) is 18.2 Å². The minimum Gasteiger partial charge on any atom is -0.506 e. The molecule has 0 aromatic heterocycles. The van der Waals surface area contributed by atoms with Crippen molar-refractivity contribution in [1.29, 1.82) is 0 Å². The van der Waals surface area contributed by atoms with E-state index >= 15 is 0 Å². The van der Waals surface area contributed by atoms with Gasteiger partial charge in [0.1, 0.15) is 17.0 Å². The van der Waals surface area contributed by atoms with Gasteiger partial charge in [0.25, 0.3) is 0 Å². The molecule has 1 aliphatic carbocycles. The first kappa shape index (κ1) is 24.5. The normalized spacial score (nSPS) is 19.7. The molecule has 2 fully saturated rings. The van der Waals surface area contributed by atoms with Crippen molar-refractivity contribution in [3.05, 3.63) is 34.4 Å². The van der Waals surface area contributed by atoms with E-state index in [4.69, 9.17) is 4.74 Å². The Morgan fingerprint density at radius 2 is 1.73 bits per heavy atom. The zero-order chi connectivity index (χ0) is 24.4. The van der Waals surface area contributed by atoms with Gasteiger partial charge in [-0.05, 0) is 26.7 Å². The lowest BCUT2D eigenvalue weighted by Gasteiger charge is -2.40. The first-order valence-corrected chi connectivity index (χ1v) is 10.6. The van der Waals surface area contributed by atoms with Crippen molar-refractivity contribution in [3.63, 3.8) is 0 Å². The molecular formula is C22H25F4N3O4. The number of esters is 1. The van der Waals surface area contributed by atoms with Crippen LogP contribution in [0.2, 0.25) is 0 Å². The molecule has 1 aliphatic heterocycles. The molecule has 2 aliphatic rings. The van der Waals surface area contributed by atoms with Crippen LogP contribution >= 0.6 is 0 Å². The van der Waals surface area contributed by atoms with Crippen LogP contribution in [-0.4, -0.2) is 66.4 Å². The number of ether oxygens (including phenoxy) is 1. The second-order valence-electron chi connectivity index (χ2n) is 7.98. The Morgan fingerprint density at radius 3 is 2.21 bits per heavy atom. The molecule has 1 saturated carbocycles. The number of hydrogen-bond acceptors (Lipinski definition) is 6. The first-order chi connectivity index (χ1) is 15.6. The third kappa shape index (κ3) is 4.96. The molecule has 0 bridgehead atoms. The fraction of sp³-hybridized carbons (Fsp3) is 0.500. The number of benzene rings is 1. The highest BCUT2D eigenvalue weighted by atomic mass is 19.2. The van der Waals surface area contributed by atoms with Crippen molar-refractivity contribution in [2.24, 2.45) is 4.99 Å². The van der Waals surface area contributed by atoms with Crippen LogP contribution in [0.5, 0.6) is 0 Å². The van der Waals surface area contributed by atoms with Crippen LogP contribution in [0.4, 0.5) is 23.2 Å². The Morgan fingerprint density at radius 1 is 1.12 bits per heavy atom. The van der Waals surface area contributed by atoms with Gasteiger partial charge < -0.3 is 19.6 Å². The van der Waals surface area contributed by atoms with Gasteiger partial charge in [-0.15, -0.1) is 0 Å². The molecule has 1 aromatic rings. The lowest BCUT2D eigenvalue weighted by molar-refractivity contribution is -0.137. The quantitative estimate of drug-likeness (QED) is 0.172.